The van der Waals surface area contributed by atoms with Gasteiger partial charge in [0.25, 0.3) is 0 Å². The van der Waals surface area contributed by atoms with Crippen molar-refractivity contribution in [3.05, 3.63) is 54.2 Å². The molecular weight excluding hydrogens is 404 g/mol. The normalized spacial score (nSPS) is 18.0. The fourth-order valence-electron chi connectivity index (χ4n) is 4.09. The van der Waals surface area contributed by atoms with Gasteiger partial charge in [-0.15, -0.1) is 0 Å². The molecule has 2 aliphatic heterocycles. The van der Waals surface area contributed by atoms with E-state index in [4.69, 9.17) is 9.47 Å². The maximum absolute atomic E-state index is 6.12. The molecule has 0 unspecified atom stereocenters. The molecule has 8 nitrogen and oxygen atoms in total. The number of aromatic nitrogens is 1. The summed E-state index contributed by atoms with van der Waals surface area (Å²) in [5.74, 6) is 2.90. The summed E-state index contributed by atoms with van der Waals surface area (Å²) >= 11 is 0. The van der Waals surface area contributed by atoms with E-state index in [1.807, 2.05) is 37.5 Å². The number of anilines is 1. The van der Waals surface area contributed by atoms with Crippen LogP contribution in [-0.4, -0.2) is 93.4 Å². The van der Waals surface area contributed by atoms with Crippen molar-refractivity contribution in [1.82, 2.24) is 20.1 Å². The molecule has 4 rings (SSSR count). The minimum atomic E-state index is 0.681. The Morgan fingerprint density at radius 1 is 1.03 bits per heavy atom. The fraction of sp³-hybridized carbons (Fsp3) is 0.500. The van der Waals surface area contributed by atoms with Gasteiger partial charge in [0.15, 0.2) is 5.96 Å². The number of benzene rings is 1. The summed E-state index contributed by atoms with van der Waals surface area (Å²) in [6.45, 7) is 9.56. The van der Waals surface area contributed by atoms with E-state index in [-0.39, 0.29) is 0 Å². The molecule has 32 heavy (non-hydrogen) atoms. The first-order valence-corrected chi connectivity index (χ1v) is 11.5. The van der Waals surface area contributed by atoms with Crippen LogP contribution in [0.25, 0.3) is 0 Å². The highest BCUT2D eigenvalue weighted by atomic mass is 16.5. The number of nitrogens with zero attached hydrogens (tertiary/aromatic N) is 5. The highest BCUT2D eigenvalue weighted by Crippen LogP contribution is 2.18. The average Bonchev–Trinajstić information content (AvgIpc) is 2.87. The zero-order valence-corrected chi connectivity index (χ0v) is 18.9. The lowest BCUT2D eigenvalue weighted by Crippen LogP contribution is -2.52. The molecule has 1 N–H and O–H groups in total. The highest BCUT2D eigenvalue weighted by Gasteiger charge is 2.20. The van der Waals surface area contributed by atoms with Crippen LogP contribution in [0.3, 0.4) is 0 Å². The Bertz CT molecular complexity index is 849. The monoisotopic (exact) mass is 438 g/mol. The number of guanidine groups is 1. The number of morpholine rings is 1. The van der Waals surface area contributed by atoms with Gasteiger partial charge in [-0.1, -0.05) is 24.3 Å². The number of ether oxygens (including phenoxy) is 2. The summed E-state index contributed by atoms with van der Waals surface area (Å²) in [6.07, 6.45) is 1.85. The number of piperazine rings is 1. The lowest BCUT2D eigenvalue weighted by Gasteiger charge is -2.37. The van der Waals surface area contributed by atoms with Crippen LogP contribution in [0.4, 0.5) is 5.82 Å². The van der Waals surface area contributed by atoms with E-state index in [0.717, 1.165) is 82.1 Å². The molecule has 3 heterocycles. The minimum absolute atomic E-state index is 0.681. The van der Waals surface area contributed by atoms with Gasteiger partial charge in [0, 0.05) is 71.2 Å². The molecule has 2 fully saturated rings. The first kappa shape index (κ1) is 22.4. The lowest BCUT2D eigenvalue weighted by atomic mass is 10.2. The van der Waals surface area contributed by atoms with Crippen LogP contribution < -0.4 is 15.0 Å². The molecule has 0 radical (unpaired) electrons. The van der Waals surface area contributed by atoms with Crippen molar-refractivity contribution in [2.24, 2.45) is 4.99 Å². The number of para-hydroxylation sites is 1. The molecule has 0 bridgehead atoms. The van der Waals surface area contributed by atoms with Crippen molar-refractivity contribution in [3.63, 3.8) is 0 Å². The summed E-state index contributed by atoms with van der Waals surface area (Å²) in [5, 5.41) is 3.53. The van der Waals surface area contributed by atoms with Crippen LogP contribution in [0.2, 0.25) is 0 Å². The molecule has 0 atom stereocenters. The van der Waals surface area contributed by atoms with Crippen molar-refractivity contribution in [1.29, 1.82) is 0 Å². The van der Waals surface area contributed by atoms with E-state index in [2.05, 4.69) is 48.2 Å². The molecule has 0 aliphatic carbocycles. The zero-order valence-electron chi connectivity index (χ0n) is 18.9. The van der Waals surface area contributed by atoms with Crippen LogP contribution in [0, 0.1) is 0 Å². The summed E-state index contributed by atoms with van der Waals surface area (Å²) in [7, 11) is 1.85. The Morgan fingerprint density at radius 2 is 1.81 bits per heavy atom. The van der Waals surface area contributed by atoms with Crippen molar-refractivity contribution in [3.8, 4) is 5.75 Å². The Morgan fingerprint density at radius 3 is 2.56 bits per heavy atom. The quantitative estimate of drug-likeness (QED) is 0.521. The SMILES string of the molecule is CN=C(NCc1ccccc1OCCN1CCOCC1)N1CCN(c2ccccn2)CC1. The van der Waals surface area contributed by atoms with Gasteiger partial charge in [-0.25, -0.2) is 4.98 Å². The van der Waals surface area contributed by atoms with Gasteiger partial charge in [-0.2, -0.15) is 0 Å². The van der Waals surface area contributed by atoms with Crippen LogP contribution in [0.5, 0.6) is 5.75 Å². The molecule has 8 heteroatoms. The van der Waals surface area contributed by atoms with Crippen molar-refractivity contribution >= 4 is 11.8 Å². The number of hydrogen-bond donors (Lipinski definition) is 1. The van der Waals surface area contributed by atoms with E-state index >= 15 is 0 Å². The van der Waals surface area contributed by atoms with E-state index in [9.17, 15) is 0 Å². The van der Waals surface area contributed by atoms with Gasteiger partial charge >= 0.3 is 0 Å². The lowest BCUT2D eigenvalue weighted by molar-refractivity contribution is 0.0322. The predicted molar refractivity (Wildman–Crippen MR) is 127 cm³/mol. The summed E-state index contributed by atoms with van der Waals surface area (Å²) in [4.78, 5) is 16.0. The maximum atomic E-state index is 6.12. The Labute approximate surface area is 190 Å². The number of hydrogen-bond acceptors (Lipinski definition) is 6. The first-order valence-electron chi connectivity index (χ1n) is 11.5. The maximum Gasteiger partial charge on any atom is 0.194 e. The van der Waals surface area contributed by atoms with Crippen LogP contribution >= 0.6 is 0 Å². The van der Waals surface area contributed by atoms with Crippen molar-refractivity contribution in [2.75, 3.05) is 77.6 Å². The largest absolute Gasteiger partial charge is 0.492 e. The topological polar surface area (TPSA) is 65.5 Å². The first-order chi connectivity index (χ1) is 15.8. The summed E-state index contributed by atoms with van der Waals surface area (Å²) < 4.78 is 11.5. The van der Waals surface area contributed by atoms with Crippen LogP contribution in [-0.2, 0) is 11.3 Å². The van der Waals surface area contributed by atoms with Gasteiger partial charge < -0.3 is 24.6 Å². The molecule has 0 spiro atoms. The third-order valence-electron chi connectivity index (χ3n) is 5.94. The number of nitrogens with one attached hydrogen (secondary N) is 1. The minimum Gasteiger partial charge on any atom is -0.492 e. The molecule has 2 aromatic rings. The number of aliphatic imine (C=N–C) groups is 1. The van der Waals surface area contributed by atoms with E-state index in [1.165, 1.54) is 0 Å². The van der Waals surface area contributed by atoms with E-state index in [0.29, 0.717) is 13.2 Å². The molecule has 172 valence electrons. The highest BCUT2D eigenvalue weighted by molar-refractivity contribution is 5.80. The average molecular weight is 439 g/mol. The standard InChI is InChI=1S/C24H34N6O2/c1-25-24(30-12-10-29(11-13-30)23-8-4-5-9-26-23)27-20-21-6-2-3-7-22(21)32-19-16-28-14-17-31-18-15-28/h2-9H,10-20H2,1H3,(H,25,27). The molecule has 0 saturated carbocycles. The molecule has 2 saturated heterocycles. The third-order valence-corrected chi connectivity index (χ3v) is 5.94. The van der Waals surface area contributed by atoms with E-state index < -0.39 is 0 Å². The smallest absolute Gasteiger partial charge is 0.194 e. The zero-order chi connectivity index (χ0) is 22.0. The van der Waals surface area contributed by atoms with Gasteiger partial charge in [0.1, 0.15) is 18.2 Å². The van der Waals surface area contributed by atoms with Crippen molar-refractivity contribution in [2.45, 2.75) is 6.54 Å². The second-order valence-corrected chi connectivity index (χ2v) is 7.97. The van der Waals surface area contributed by atoms with Gasteiger partial charge in [0.2, 0.25) is 0 Å². The third kappa shape index (κ3) is 6.11. The Hall–Kier alpha value is -2.84. The van der Waals surface area contributed by atoms with Crippen molar-refractivity contribution < 1.29 is 9.47 Å². The molecule has 1 aromatic carbocycles. The second kappa shape index (κ2) is 11.7. The Kier molecular flexibility index (Phi) is 8.17. The van der Waals surface area contributed by atoms with Crippen LogP contribution in [0.1, 0.15) is 5.56 Å². The number of rotatable bonds is 7. The molecule has 2 aliphatic rings. The van der Waals surface area contributed by atoms with Gasteiger partial charge in [0.05, 0.1) is 13.2 Å². The molecular formula is C24H34N6O2. The van der Waals surface area contributed by atoms with Crippen LogP contribution in [0.15, 0.2) is 53.7 Å². The predicted octanol–water partition coefficient (Wildman–Crippen LogP) is 1.69. The number of pyridine rings is 1. The Balaban J connectivity index is 1.26. The van der Waals surface area contributed by atoms with Gasteiger partial charge in [-0.05, 0) is 18.2 Å². The summed E-state index contributed by atoms with van der Waals surface area (Å²) in [6, 6.07) is 14.3. The van der Waals surface area contributed by atoms with E-state index in [1.54, 1.807) is 0 Å². The van der Waals surface area contributed by atoms with Gasteiger partial charge in [-0.3, -0.25) is 9.89 Å². The molecule has 0 amide bonds. The molecule has 1 aromatic heterocycles. The second-order valence-electron chi connectivity index (χ2n) is 7.97. The fourth-order valence-corrected chi connectivity index (χ4v) is 4.09. The summed E-state index contributed by atoms with van der Waals surface area (Å²) in [5.41, 5.74) is 1.14.